The van der Waals surface area contributed by atoms with Gasteiger partial charge in [0.2, 0.25) is 10.0 Å². The van der Waals surface area contributed by atoms with E-state index in [2.05, 4.69) is 48.4 Å². The van der Waals surface area contributed by atoms with Crippen molar-refractivity contribution in [1.29, 1.82) is 0 Å². The Balaban J connectivity index is 1.51. The summed E-state index contributed by atoms with van der Waals surface area (Å²) in [6.07, 6.45) is 6.90. The maximum absolute atomic E-state index is 12.5. The van der Waals surface area contributed by atoms with Crippen LogP contribution in [0.3, 0.4) is 0 Å². The van der Waals surface area contributed by atoms with E-state index in [1.165, 1.54) is 17.5 Å². The summed E-state index contributed by atoms with van der Waals surface area (Å²) < 4.78 is 26.3. The maximum Gasteiger partial charge on any atom is 0.250 e. The first kappa shape index (κ1) is 26.9. The van der Waals surface area contributed by atoms with Gasteiger partial charge in [-0.05, 0) is 103 Å². The number of aryl methyl sites for hydroxylation is 1. The van der Waals surface area contributed by atoms with Crippen LogP contribution in [-0.4, -0.2) is 49.0 Å². The monoisotopic (exact) mass is 536 g/mol. The molecule has 1 unspecified atom stereocenters. The summed E-state index contributed by atoms with van der Waals surface area (Å²) >= 11 is 0. The number of H-pyrrole nitrogens is 1. The summed E-state index contributed by atoms with van der Waals surface area (Å²) in [4.78, 5) is 15.8. The van der Waals surface area contributed by atoms with Crippen LogP contribution in [0.2, 0.25) is 0 Å². The van der Waals surface area contributed by atoms with Crippen LogP contribution in [-0.2, 0) is 16.4 Å². The number of piperidine rings is 1. The molecular weight excluding hydrogens is 496 g/mol. The molecule has 2 heterocycles. The molecular formula is C30H40N4O3S. The Kier molecular flexibility index (Phi) is 7.67. The molecule has 0 radical (unpaired) electrons. The molecule has 8 heteroatoms. The van der Waals surface area contributed by atoms with Crippen LogP contribution in [0.25, 0.3) is 22.0 Å². The fourth-order valence-electron chi connectivity index (χ4n) is 6.15. The number of primary amides is 1. The third-order valence-corrected chi connectivity index (χ3v) is 10.2. The normalized spacial score (nSPS) is 19.2. The smallest absolute Gasteiger partial charge is 0.250 e. The highest BCUT2D eigenvalue weighted by atomic mass is 32.2. The molecule has 1 saturated heterocycles. The zero-order valence-electron chi connectivity index (χ0n) is 22.7. The molecule has 3 aromatic rings. The number of amides is 1. The second-order valence-corrected chi connectivity index (χ2v) is 13.5. The molecule has 1 atom stereocenters. The van der Waals surface area contributed by atoms with Gasteiger partial charge >= 0.3 is 0 Å². The van der Waals surface area contributed by atoms with Crippen LogP contribution in [0, 0.1) is 5.92 Å². The standard InChI is InChI=1S/C30H40N4O3S/c1-4-38(36,37)34-12-10-21(11-13-34)27-18-33-29-25(27)15-23(16-26(29)30(31)35)22-9-8-20-6-5-7-28(24(20)14-22)32-17-19(2)3/h8-9,14-16,18-19,21,28,32-33H,4-7,10-13,17H2,1-3H3,(H2,31,35). The molecule has 5 rings (SSSR count). The van der Waals surface area contributed by atoms with Crippen LogP contribution >= 0.6 is 0 Å². The number of fused-ring (bicyclic) bond motifs is 2. The van der Waals surface area contributed by atoms with Gasteiger partial charge in [-0.3, -0.25) is 4.79 Å². The van der Waals surface area contributed by atoms with E-state index in [4.69, 9.17) is 5.73 Å². The van der Waals surface area contributed by atoms with Gasteiger partial charge in [0.15, 0.2) is 0 Å². The molecule has 0 spiro atoms. The summed E-state index contributed by atoms with van der Waals surface area (Å²) in [5.74, 6) is 0.481. The number of aromatic nitrogens is 1. The van der Waals surface area contributed by atoms with E-state index >= 15 is 0 Å². The van der Waals surface area contributed by atoms with Crippen molar-refractivity contribution in [3.63, 3.8) is 0 Å². The average molecular weight is 537 g/mol. The average Bonchev–Trinajstić information content (AvgIpc) is 3.35. The van der Waals surface area contributed by atoms with Gasteiger partial charge in [-0.2, -0.15) is 0 Å². The number of nitrogens with zero attached hydrogens (tertiary/aromatic N) is 1. The number of hydrogen-bond acceptors (Lipinski definition) is 4. The van der Waals surface area contributed by atoms with Crippen LogP contribution in [0.4, 0.5) is 0 Å². The van der Waals surface area contributed by atoms with Crippen molar-refractivity contribution in [3.05, 3.63) is 58.8 Å². The van der Waals surface area contributed by atoms with Crippen LogP contribution in [0.15, 0.2) is 36.5 Å². The van der Waals surface area contributed by atoms with Gasteiger partial charge in [-0.25, -0.2) is 12.7 Å². The van der Waals surface area contributed by atoms with E-state index < -0.39 is 15.9 Å². The lowest BCUT2D eigenvalue weighted by Crippen LogP contribution is -2.38. The first-order valence-electron chi connectivity index (χ1n) is 14.0. The fraction of sp³-hybridized carbons (Fsp3) is 0.500. The second kappa shape index (κ2) is 10.8. The van der Waals surface area contributed by atoms with Crippen molar-refractivity contribution in [3.8, 4) is 11.1 Å². The predicted octanol–water partition coefficient (Wildman–Crippen LogP) is 5.09. The summed E-state index contributed by atoms with van der Waals surface area (Å²) in [7, 11) is -3.18. The molecule has 1 aromatic heterocycles. The fourth-order valence-corrected chi connectivity index (χ4v) is 7.28. The maximum atomic E-state index is 12.5. The summed E-state index contributed by atoms with van der Waals surface area (Å²) in [6, 6.07) is 11.1. The molecule has 0 saturated carbocycles. The van der Waals surface area contributed by atoms with E-state index in [0.29, 0.717) is 30.6 Å². The third-order valence-electron chi connectivity index (χ3n) is 8.30. The zero-order valence-corrected chi connectivity index (χ0v) is 23.5. The van der Waals surface area contributed by atoms with Crippen LogP contribution in [0.1, 0.15) is 85.5 Å². The van der Waals surface area contributed by atoms with Crippen LogP contribution < -0.4 is 11.1 Å². The van der Waals surface area contributed by atoms with Crippen molar-refractivity contribution in [1.82, 2.24) is 14.6 Å². The molecule has 1 aliphatic heterocycles. The first-order chi connectivity index (χ1) is 18.2. The van der Waals surface area contributed by atoms with Gasteiger partial charge in [0.05, 0.1) is 16.8 Å². The van der Waals surface area contributed by atoms with Crippen molar-refractivity contribution in [2.24, 2.45) is 11.7 Å². The minimum Gasteiger partial charge on any atom is -0.366 e. The number of nitrogens with one attached hydrogen (secondary N) is 2. The quantitative estimate of drug-likeness (QED) is 0.373. The Labute approximate surface area is 226 Å². The molecule has 0 bridgehead atoms. The predicted molar refractivity (Wildman–Crippen MR) is 154 cm³/mol. The van der Waals surface area contributed by atoms with Crippen molar-refractivity contribution in [2.75, 3.05) is 25.4 Å². The highest BCUT2D eigenvalue weighted by Gasteiger charge is 2.29. The molecule has 1 amide bonds. The van der Waals surface area contributed by atoms with Gasteiger partial charge < -0.3 is 16.0 Å². The number of benzene rings is 2. The molecule has 2 aromatic carbocycles. The number of sulfonamides is 1. The number of aromatic amines is 1. The highest BCUT2D eigenvalue weighted by molar-refractivity contribution is 7.89. The highest BCUT2D eigenvalue weighted by Crippen LogP contribution is 2.39. The van der Waals surface area contributed by atoms with Crippen molar-refractivity contribution >= 4 is 26.8 Å². The van der Waals surface area contributed by atoms with Gasteiger partial charge in [0.25, 0.3) is 5.91 Å². The number of carbonyl (C=O) groups excluding carboxylic acids is 1. The molecule has 1 aliphatic carbocycles. The minimum atomic E-state index is -3.18. The van der Waals surface area contributed by atoms with Gasteiger partial charge in [-0.1, -0.05) is 26.0 Å². The van der Waals surface area contributed by atoms with E-state index in [-0.39, 0.29) is 11.7 Å². The lowest BCUT2D eigenvalue weighted by molar-refractivity contribution is 0.100. The molecule has 204 valence electrons. The molecule has 38 heavy (non-hydrogen) atoms. The van der Waals surface area contributed by atoms with E-state index in [0.717, 1.165) is 59.8 Å². The van der Waals surface area contributed by atoms with Gasteiger partial charge in [0, 0.05) is 30.7 Å². The first-order valence-corrected chi connectivity index (χ1v) is 15.6. The Bertz CT molecular complexity index is 1440. The zero-order chi connectivity index (χ0) is 27.0. The third kappa shape index (κ3) is 5.26. The van der Waals surface area contributed by atoms with E-state index in [9.17, 15) is 13.2 Å². The Morgan fingerprint density at radius 2 is 1.87 bits per heavy atom. The number of nitrogens with two attached hydrogens (primary N) is 1. The Morgan fingerprint density at radius 3 is 2.55 bits per heavy atom. The van der Waals surface area contributed by atoms with Gasteiger partial charge in [0.1, 0.15) is 0 Å². The SMILES string of the molecule is CCS(=O)(=O)N1CCC(c2c[nH]c3c(C(N)=O)cc(-c4ccc5c(c4)C(NCC(C)C)CCC5)cc23)CC1. The van der Waals surface area contributed by atoms with Crippen LogP contribution in [0.5, 0.6) is 0 Å². The minimum absolute atomic E-state index is 0.130. The largest absolute Gasteiger partial charge is 0.366 e. The second-order valence-electron chi connectivity index (χ2n) is 11.3. The lowest BCUT2D eigenvalue weighted by atomic mass is 9.84. The summed E-state index contributed by atoms with van der Waals surface area (Å²) in [6.45, 7) is 8.18. The summed E-state index contributed by atoms with van der Waals surface area (Å²) in [5.41, 5.74) is 13.1. The molecule has 4 N–H and O–H groups in total. The molecule has 7 nitrogen and oxygen atoms in total. The molecule has 1 fully saturated rings. The topological polar surface area (TPSA) is 108 Å². The Morgan fingerprint density at radius 1 is 1.11 bits per heavy atom. The number of hydrogen-bond donors (Lipinski definition) is 3. The van der Waals surface area contributed by atoms with Crippen molar-refractivity contribution < 1.29 is 13.2 Å². The summed E-state index contributed by atoms with van der Waals surface area (Å²) in [5, 5.41) is 4.76. The van der Waals surface area contributed by atoms with E-state index in [1.807, 2.05) is 12.3 Å². The van der Waals surface area contributed by atoms with E-state index in [1.54, 1.807) is 11.2 Å². The van der Waals surface area contributed by atoms with Crippen molar-refractivity contribution in [2.45, 2.75) is 64.8 Å². The molecule has 2 aliphatic rings. The number of carbonyl (C=O) groups is 1. The number of rotatable bonds is 8. The van der Waals surface area contributed by atoms with Gasteiger partial charge in [-0.15, -0.1) is 0 Å². The lowest BCUT2D eigenvalue weighted by Gasteiger charge is -2.31. The Hall–Kier alpha value is -2.68.